The van der Waals surface area contributed by atoms with Gasteiger partial charge in [0.25, 0.3) is 5.56 Å². The van der Waals surface area contributed by atoms with Gasteiger partial charge in [-0.3, -0.25) is 9.69 Å². The first-order valence-corrected chi connectivity index (χ1v) is 9.59. The van der Waals surface area contributed by atoms with E-state index in [1.807, 2.05) is 4.90 Å². The van der Waals surface area contributed by atoms with E-state index >= 15 is 0 Å². The Morgan fingerprint density at radius 3 is 2.55 bits per heavy atom. The topological polar surface area (TPSA) is 58.2 Å². The first kappa shape index (κ1) is 21.0. The number of alkyl halides is 3. The van der Waals surface area contributed by atoms with Crippen LogP contribution in [0.2, 0.25) is 0 Å². The lowest BCUT2D eigenvalue weighted by Crippen LogP contribution is -2.35. The van der Waals surface area contributed by atoms with Crippen LogP contribution in [0.1, 0.15) is 22.4 Å². The minimum atomic E-state index is -4.43. The van der Waals surface area contributed by atoms with Crippen LogP contribution in [-0.4, -0.2) is 28.5 Å². The van der Waals surface area contributed by atoms with Crippen molar-refractivity contribution < 1.29 is 22.3 Å². The van der Waals surface area contributed by atoms with Crippen LogP contribution in [0.3, 0.4) is 0 Å². The third-order valence-corrected chi connectivity index (χ3v) is 5.26. The van der Waals surface area contributed by atoms with E-state index in [0.717, 1.165) is 17.7 Å². The van der Waals surface area contributed by atoms with E-state index in [2.05, 4.69) is 9.97 Å². The van der Waals surface area contributed by atoms with Gasteiger partial charge in [0, 0.05) is 31.6 Å². The molecule has 1 N–H and O–H groups in total. The van der Waals surface area contributed by atoms with Gasteiger partial charge in [-0.25, -0.2) is 9.37 Å². The van der Waals surface area contributed by atoms with Gasteiger partial charge >= 0.3 is 6.18 Å². The molecule has 1 aromatic heterocycles. The fraction of sp³-hybridized carbons (Fsp3) is 0.273. The van der Waals surface area contributed by atoms with E-state index in [0.29, 0.717) is 42.9 Å². The Morgan fingerprint density at radius 2 is 1.90 bits per heavy atom. The highest BCUT2D eigenvalue weighted by atomic mass is 19.4. The minimum Gasteiger partial charge on any atom is -0.494 e. The Hall–Kier alpha value is -3.20. The molecule has 3 aromatic rings. The molecule has 4 rings (SSSR count). The number of fused-ring (bicyclic) bond motifs is 1. The molecule has 0 aliphatic carbocycles. The van der Waals surface area contributed by atoms with Crippen LogP contribution in [0.5, 0.6) is 5.75 Å². The number of hydrogen-bond acceptors (Lipinski definition) is 4. The van der Waals surface area contributed by atoms with Crippen molar-refractivity contribution in [3.63, 3.8) is 0 Å². The molecule has 162 valence electrons. The maximum absolute atomic E-state index is 13.9. The summed E-state index contributed by atoms with van der Waals surface area (Å²) in [7, 11) is 1.40. The van der Waals surface area contributed by atoms with Gasteiger partial charge in [-0.05, 0) is 29.8 Å². The summed E-state index contributed by atoms with van der Waals surface area (Å²) in [6, 6.07) is 9.25. The van der Waals surface area contributed by atoms with Crippen molar-refractivity contribution in [2.75, 3.05) is 13.7 Å². The van der Waals surface area contributed by atoms with Gasteiger partial charge in [0.15, 0.2) is 11.6 Å². The van der Waals surface area contributed by atoms with Gasteiger partial charge in [0.2, 0.25) is 0 Å². The Labute approximate surface area is 175 Å². The zero-order valence-corrected chi connectivity index (χ0v) is 16.6. The molecule has 0 spiro atoms. The highest BCUT2D eigenvalue weighted by Gasteiger charge is 2.30. The molecule has 0 bridgehead atoms. The first-order chi connectivity index (χ1) is 14.7. The van der Waals surface area contributed by atoms with Crippen LogP contribution >= 0.6 is 0 Å². The third kappa shape index (κ3) is 4.46. The standard InChI is InChI=1S/C22H19F4N3O2/c1-31-19-7-2-13(10-17(19)23)11-29-9-8-18-16(12-29)21(30)28-20(27-18)14-3-5-15(6-4-14)22(24,25)26/h2-7,10H,8-9,11-12H2,1H3,(H,27,28,30). The smallest absolute Gasteiger partial charge is 0.416 e. The Bertz CT molecular complexity index is 1160. The molecule has 9 heteroatoms. The molecular formula is C22H19F4N3O2. The number of halogens is 4. The number of nitrogens with zero attached hydrogens (tertiary/aromatic N) is 2. The second-order valence-electron chi connectivity index (χ2n) is 7.34. The summed E-state index contributed by atoms with van der Waals surface area (Å²) < 4.78 is 57.1. The SMILES string of the molecule is COc1ccc(CN2CCc3nc(-c4ccc(C(F)(F)F)cc4)[nH]c(=O)c3C2)cc1F. The van der Waals surface area contributed by atoms with Crippen molar-refractivity contribution in [3.8, 4) is 17.1 Å². The number of nitrogens with one attached hydrogen (secondary N) is 1. The summed E-state index contributed by atoms with van der Waals surface area (Å²) in [4.78, 5) is 21.8. The monoisotopic (exact) mass is 433 g/mol. The number of aromatic amines is 1. The molecule has 0 saturated heterocycles. The van der Waals surface area contributed by atoms with Crippen LogP contribution in [0.4, 0.5) is 17.6 Å². The number of methoxy groups -OCH3 is 1. The lowest BCUT2D eigenvalue weighted by molar-refractivity contribution is -0.137. The average Bonchev–Trinajstić information content (AvgIpc) is 2.74. The molecule has 1 aliphatic rings. The molecule has 0 saturated carbocycles. The van der Waals surface area contributed by atoms with Crippen molar-refractivity contribution in [2.24, 2.45) is 0 Å². The number of benzene rings is 2. The van der Waals surface area contributed by atoms with Gasteiger partial charge in [-0.15, -0.1) is 0 Å². The lowest BCUT2D eigenvalue weighted by atomic mass is 10.0. The summed E-state index contributed by atoms with van der Waals surface area (Å²) in [6.45, 7) is 1.42. The number of H-pyrrole nitrogens is 1. The van der Waals surface area contributed by atoms with Crippen molar-refractivity contribution in [1.82, 2.24) is 14.9 Å². The third-order valence-electron chi connectivity index (χ3n) is 5.26. The molecule has 0 unspecified atom stereocenters. The maximum Gasteiger partial charge on any atom is 0.416 e. The molecule has 5 nitrogen and oxygen atoms in total. The summed E-state index contributed by atoms with van der Waals surface area (Å²) in [6.07, 6.45) is -3.92. The minimum absolute atomic E-state index is 0.171. The van der Waals surface area contributed by atoms with Crippen molar-refractivity contribution >= 4 is 0 Å². The van der Waals surface area contributed by atoms with Gasteiger partial charge < -0.3 is 9.72 Å². The molecule has 1 aliphatic heterocycles. The van der Waals surface area contributed by atoms with E-state index in [-0.39, 0.29) is 17.1 Å². The molecule has 0 radical (unpaired) electrons. The lowest BCUT2D eigenvalue weighted by Gasteiger charge is -2.27. The van der Waals surface area contributed by atoms with E-state index in [1.165, 1.54) is 25.3 Å². The van der Waals surface area contributed by atoms with Crippen LogP contribution in [0.25, 0.3) is 11.4 Å². The van der Waals surface area contributed by atoms with E-state index < -0.39 is 17.6 Å². The van der Waals surface area contributed by atoms with Gasteiger partial charge in [0.05, 0.1) is 23.9 Å². The van der Waals surface area contributed by atoms with Crippen LogP contribution < -0.4 is 10.3 Å². The fourth-order valence-electron chi connectivity index (χ4n) is 3.64. The molecule has 0 atom stereocenters. The van der Waals surface area contributed by atoms with E-state index in [4.69, 9.17) is 4.74 Å². The van der Waals surface area contributed by atoms with Crippen molar-refractivity contribution in [3.05, 3.63) is 81.0 Å². The fourth-order valence-corrected chi connectivity index (χ4v) is 3.64. The van der Waals surface area contributed by atoms with E-state index in [1.54, 1.807) is 12.1 Å². The molecular weight excluding hydrogens is 414 g/mol. The normalized spacial score (nSPS) is 14.4. The summed E-state index contributed by atoms with van der Waals surface area (Å²) in [5, 5.41) is 0. The number of aromatic nitrogens is 2. The Balaban J connectivity index is 1.53. The Kier molecular flexibility index (Phi) is 5.53. The highest BCUT2D eigenvalue weighted by molar-refractivity contribution is 5.56. The van der Waals surface area contributed by atoms with Crippen LogP contribution in [-0.2, 0) is 25.7 Å². The quantitative estimate of drug-likeness (QED) is 0.628. The van der Waals surface area contributed by atoms with E-state index in [9.17, 15) is 22.4 Å². The predicted octanol–water partition coefficient (Wildman–Crippen LogP) is 4.16. The van der Waals surface area contributed by atoms with Crippen LogP contribution in [0, 0.1) is 5.82 Å². The number of ether oxygens (including phenoxy) is 1. The maximum atomic E-state index is 13.9. The zero-order valence-electron chi connectivity index (χ0n) is 16.6. The average molecular weight is 433 g/mol. The van der Waals surface area contributed by atoms with Crippen LogP contribution in [0.15, 0.2) is 47.3 Å². The molecule has 0 fully saturated rings. The Morgan fingerprint density at radius 1 is 1.16 bits per heavy atom. The van der Waals surface area contributed by atoms with Crippen molar-refractivity contribution in [1.29, 1.82) is 0 Å². The summed E-state index contributed by atoms with van der Waals surface area (Å²) in [5.74, 6) is -0.0366. The second kappa shape index (κ2) is 8.14. The van der Waals surface area contributed by atoms with Gasteiger partial charge in [-0.2, -0.15) is 13.2 Å². The molecule has 2 heterocycles. The zero-order chi connectivity index (χ0) is 22.2. The number of hydrogen-bond donors (Lipinski definition) is 1. The first-order valence-electron chi connectivity index (χ1n) is 9.59. The van der Waals surface area contributed by atoms with Gasteiger partial charge in [0.1, 0.15) is 5.82 Å². The van der Waals surface area contributed by atoms with Crippen molar-refractivity contribution in [2.45, 2.75) is 25.7 Å². The number of rotatable bonds is 4. The highest BCUT2D eigenvalue weighted by Crippen LogP contribution is 2.30. The molecule has 2 aromatic carbocycles. The second-order valence-corrected chi connectivity index (χ2v) is 7.34. The molecule has 0 amide bonds. The largest absolute Gasteiger partial charge is 0.494 e. The molecule has 31 heavy (non-hydrogen) atoms. The predicted molar refractivity (Wildman–Crippen MR) is 106 cm³/mol. The summed E-state index contributed by atoms with van der Waals surface area (Å²) >= 11 is 0. The van der Waals surface area contributed by atoms with Gasteiger partial charge in [-0.1, -0.05) is 18.2 Å². The summed E-state index contributed by atoms with van der Waals surface area (Å²) in [5.41, 5.74) is 1.20.